The van der Waals surface area contributed by atoms with Crippen LogP contribution in [0.3, 0.4) is 0 Å². The molecule has 0 aliphatic rings. The molecule has 2 N–H and O–H groups in total. The van der Waals surface area contributed by atoms with Crippen LogP contribution in [0.15, 0.2) is 47.4 Å². The van der Waals surface area contributed by atoms with Crippen molar-refractivity contribution >= 4 is 29.3 Å². The van der Waals surface area contributed by atoms with Crippen LogP contribution in [0.2, 0.25) is 0 Å². The van der Waals surface area contributed by atoms with Crippen LogP contribution in [0.1, 0.15) is 23.7 Å². The largest absolute Gasteiger partial charge is 0.493 e. The van der Waals surface area contributed by atoms with E-state index in [1.165, 1.54) is 11.8 Å². The number of hydrogen-bond acceptors (Lipinski definition) is 5. The van der Waals surface area contributed by atoms with Gasteiger partial charge in [-0.15, -0.1) is 11.8 Å². The molecule has 0 saturated carbocycles. The van der Waals surface area contributed by atoms with E-state index in [2.05, 4.69) is 10.6 Å². The van der Waals surface area contributed by atoms with Crippen LogP contribution < -0.4 is 20.1 Å². The zero-order valence-electron chi connectivity index (χ0n) is 15.7. The Morgan fingerprint density at radius 2 is 1.78 bits per heavy atom. The molecule has 0 fully saturated rings. The van der Waals surface area contributed by atoms with Gasteiger partial charge >= 0.3 is 0 Å². The number of carbonyl (C=O) groups excluding carboxylic acids is 2. The third-order valence-electron chi connectivity index (χ3n) is 3.69. The Hall–Kier alpha value is -2.67. The normalized spacial score (nSPS) is 10.2. The number of anilines is 1. The topological polar surface area (TPSA) is 76.7 Å². The lowest BCUT2D eigenvalue weighted by Crippen LogP contribution is -2.24. The Bertz CT molecular complexity index is 795. The molecule has 2 rings (SSSR count). The van der Waals surface area contributed by atoms with Gasteiger partial charge in [-0.1, -0.05) is 19.1 Å². The summed E-state index contributed by atoms with van der Waals surface area (Å²) >= 11 is 1.32. The maximum atomic E-state index is 12.3. The fourth-order valence-electron chi connectivity index (χ4n) is 2.37. The lowest BCUT2D eigenvalue weighted by molar-refractivity contribution is -0.113. The molecule has 0 atom stereocenters. The molecule has 2 aromatic rings. The van der Waals surface area contributed by atoms with Crippen LogP contribution in [0.5, 0.6) is 11.5 Å². The zero-order chi connectivity index (χ0) is 19.6. The van der Waals surface area contributed by atoms with Gasteiger partial charge in [0.2, 0.25) is 5.91 Å². The van der Waals surface area contributed by atoms with E-state index in [0.29, 0.717) is 29.3 Å². The third-order valence-corrected chi connectivity index (χ3v) is 4.77. The van der Waals surface area contributed by atoms with Crippen molar-refractivity contribution in [1.82, 2.24) is 5.32 Å². The number of amides is 2. The average Bonchev–Trinajstić information content (AvgIpc) is 2.70. The highest BCUT2D eigenvalue weighted by molar-refractivity contribution is 8.00. The van der Waals surface area contributed by atoms with Crippen molar-refractivity contribution in [2.45, 2.75) is 18.2 Å². The molecule has 144 valence electrons. The molecule has 0 aromatic heterocycles. The van der Waals surface area contributed by atoms with Gasteiger partial charge in [-0.05, 0) is 30.7 Å². The van der Waals surface area contributed by atoms with E-state index in [4.69, 9.17) is 9.47 Å². The first-order valence-corrected chi connectivity index (χ1v) is 9.59. The van der Waals surface area contributed by atoms with Gasteiger partial charge in [-0.2, -0.15) is 0 Å². The minimum Gasteiger partial charge on any atom is -0.493 e. The Labute approximate surface area is 163 Å². The van der Waals surface area contributed by atoms with Gasteiger partial charge in [0.15, 0.2) is 11.5 Å². The van der Waals surface area contributed by atoms with E-state index in [1.54, 1.807) is 38.5 Å². The highest BCUT2D eigenvalue weighted by Gasteiger charge is 2.13. The van der Waals surface area contributed by atoms with Gasteiger partial charge in [0, 0.05) is 23.2 Å². The van der Waals surface area contributed by atoms with Crippen molar-refractivity contribution in [1.29, 1.82) is 0 Å². The van der Waals surface area contributed by atoms with Gasteiger partial charge in [-0.3, -0.25) is 9.59 Å². The van der Waals surface area contributed by atoms with E-state index < -0.39 is 0 Å². The monoisotopic (exact) mass is 388 g/mol. The minimum absolute atomic E-state index is 0.125. The number of ether oxygens (including phenoxy) is 2. The highest BCUT2D eigenvalue weighted by Crippen LogP contribution is 2.30. The number of benzene rings is 2. The molecule has 27 heavy (non-hydrogen) atoms. The Kier molecular flexibility index (Phi) is 8.00. The predicted octanol–water partition coefficient (Wildman–Crippen LogP) is 3.57. The summed E-state index contributed by atoms with van der Waals surface area (Å²) in [6, 6.07) is 12.5. The number of thioether (sulfide) groups is 1. The molecule has 0 aliphatic carbocycles. The summed E-state index contributed by atoms with van der Waals surface area (Å²) in [5, 5.41) is 5.69. The lowest BCUT2D eigenvalue weighted by atomic mass is 10.2. The summed E-state index contributed by atoms with van der Waals surface area (Å²) in [6.07, 6.45) is 0.870. The van der Waals surface area contributed by atoms with E-state index in [-0.39, 0.29) is 17.6 Å². The fraction of sp³-hybridized carbons (Fsp3) is 0.300. The Morgan fingerprint density at radius 3 is 2.48 bits per heavy atom. The maximum Gasteiger partial charge on any atom is 0.252 e. The molecule has 2 amide bonds. The lowest BCUT2D eigenvalue weighted by Gasteiger charge is -2.11. The van der Waals surface area contributed by atoms with Gasteiger partial charge in [-0.25, -0.2) is 0 Å². The second-order valence-corrected chi connectivity index (χ2v) is 6.68. The van der Waals surface area contributed by atoms with Crippen molar-refractivity contribution < 1.29 is 19.1 Å². The molecule has 0 heterocycles. The molecule has 0 bridgehead atoms. The summed E-state index contributed by atoms with van der Waals surface area (Å²) in [5.74, 6) is 1.03. The van der Waals surface area contributed by atoms with Gasteiger partial charge in [0.25, 0.3) is 5.91 Å². The van der Waals surface area contributed by atoms with Gasteiger partial charge in [0.1, 0.15) is 0 Å². The van der Waals surface area contributed by atoms with E-state index in [9.17, 15) is 9.59 Å². The summed E-state index contributed by atoms with van der Waals surface area (Å²) in [7, 11) is 3.10. The molecular weight excluding hydrogens is 364 g/mol. The van der Waals surface area contributed by atoms with Crippen LogP contribution in [0, 0.1) is 0 Å². The van der Waals surface area contributed by atoms with Crippen molar-refractivity contribution in [2.75, 3.05) is 31.8 Å². The standard InChI is InChI=1S/C20H24N2O4S/c1-4-11-21-20(24)15-7-5-6-8-18(15)27-13-19(23)22-14-9-10-16(25-2)17(12-14)26-3/h5-10,12H,4,11,13H2,1-3H3,(H,21,24)(H,22,23). The number of carbonyl (C=O) groups is 2. The van der Waals surface area contributed by atoms with Crippen LogP contribution >= 0.6 is 11.8 Å². The highest BCUT2D eigenvalue weighted by atomic mass is 32.2. The second-order valence-electron chi connectivity index (χ2n) is 5.66. The molecule has 2 aromatic carbocycles. The third kappa shape index (κ3) is 5.92. The Balaban J connectivity index is 1.99. The summed E-state index contributed by atoms with van der Waals surface area (Å²) in [4.78, 5) is 25.3. The fourth-order valence-corrected chi connectivity index (χ4v) is 3.22. The van der Waals surface area contributed by atoms with E-state index >= 15 is 0 Å². The van der Waals surface area contributed by atoms with Crippen LogP contribution in [0.25, 0.3) is 0 Å². The van der Waals surface area contributed by atoms with E-state index in [0.717, 1.165) is 11.3 Å². The van der Waals surface area contributed by atoms with Crippen LogP contribution in [-0.2, 0) is 4.79 Å². The van der Waals surface area contributed by atoms with Crippen LogP contribution in [0.4, 0.5) is 5.69 Å². The van der Waals surface area contributed by atoms with Gasteiger partial charge in [0.05, 0.1) is 25.5 Å². The SMILES string of the molecule is CCCNC(=O)c1ccccc1SCC(=O)Nc1ccc(OC)c(OC)c1. The minimum atomic E-state index is -0.170. The second kappa shape index (κ2) is 10.5. The Morgan fingerprint density at radius 1 is 1.04 bits per heavy atom. The molecule has 0 aliphatic heterocycles. The molecule has 0 spiro atoms. The van der Waals surface area contributed by atoms with Crippen LogP contribution in [-0.4, -0.2) is 38.3 Å². The molecular formula is C20H24N2O4S. The summed E-state index contributed by atoms with van der Waals surface area (Å²) in [5.41, 5.74) is 1.20. The number of rotatable bonds is 9. The van der Waals surface area contributed by atoms with Crippen molar-refractivity contribution in [3.8, 4) is 11.5 Å². The average molecular weight is 388 g/mol. The summed E-state index contributed by atoms with van der Waals surface area (Å²) in [6.45, 7) is 2.62. The first-order valence-electron chi connectivity index (χ1n) is 8.61. The van der Waals surface area contributed by atoms with Crippen molar-refractivity contribution in [2.24, 2.45) is 0 Å². The molecule has 0 radical (unpaired) electrons. The number of nitrogens with one attached hydrogen (secondary N) is 2. The summed E-state index contributed by atoms with van der Waals surface area (Å²) < 4.78 is 10.4. The van der Waals surface area contributed by atoms with Crippen molar-refractivity contribution in [3.63, 3.8) is 0 Å². The molecule has 7 heteroatoms. The molecule has 0 unspecified atom stereocenters. The van der Waals surface area contributed by atoms with E-state index in [1.807, 2.05) is 25.1 Å². The first kappa shape index (κ1) is 20.6. The van der Waals surface area contributed by atoms with Gasteiger partial charge < -0.3 is 20.1 Å². The number of methoxy groups -OCH3 is 2. The molecule has 0 saturated heterocycles. The molecule has 6 nitrogen and oxygen atoms in total. The number of hydrogen-bond donors (Lipinski definition) is 2. The van der Waals surface area contributed by atoms with Crippen molar-refractivity contribution in [3.05, 3.63) is 48.0 Å². The smallest absolute Gasteiger partial charge is 0.252 e. The first-order chi connectivity index (χ1) is 13.1. The maximum absolute atomic E-state index is 12.3. The zero-order valence-corrected chi connectivity index (χ0v) is 16.5. The predicted molar refractivity (Wildman–Crippen MR) is 108 cm³/mol. The quantitative estimate of drug-likeness (QED) is 0.642.